The summed E-state index contributed by atoms with van der Waals surface area (Å²) in [4.78, 5) is 30.5. The summed E-state index contributed by atoms with van der Waals surface area (Å²) in [5.74, 6) is -1.54. The lowest BCUT2D eigenvalue weighted by atomic mass is 10.5. The molecule has 2 aromatic heterocycles. The van der Waals surface area contributed by atoms with E-state index in [4.69, 9.17) is 0 Å². The minimum atomic E-state index is -0.838. The van der Waals surface area contributed by atoms with Crippen molar-refractivity contribution in [3.8, 4) is 0 Å². The fourth-order valence-corrected chi connectivity index (χ4v) is 1.68. The zero-order valence-electron chi connectivity index (χ0n) is 8.72. The molecule has 0 aliphatic rings. The van der Waals surface area contributed by atoms with E-state index in [1.807, 2.05) is 0 Å². The maximum atomic E-state index is 11.4. The van der Waals surface area contributed by atoms with Gasteiger partial charge in [0.05, 0.1) is 5.69 Å². The summed E-state index contributed by atoms with van der Waals surface area (Å²) in [7, 11) is 0. The Kier molecular flexibility index (Phi) is 3.10. The smallest absolute Gasteiger partial charge is 0.294 e. The maximum absolute atomic E-state index is 11.4. The molecule has 2 aromatic rings. The maximum Gasteiger partial charge on any atom is 0.316 e. The van der Waals surface area contributed by atoms with Crippen LogP contribution in [-0.4, -0.2) is 32.0 Å². The van der Waals surface area contributed by atoms with Crippen molar-refractivity contribution in [2.24, 2.45) is 0 Å². The first-order valence-corrected chi connectivity index (χ1v) is 5.43. The zero-order chi connectivity index (χ0) is 12.3. The van der Waals surface area contributed by atoms with Gasteiger partial charge in [-0.15, -0.1) is 11.3 Å². The van der Waals surface area contributed by atoms with Gasteiger partial charge in [-0.3, -0.25) is 20.2 Å². The van der Waals surface area contributed by atoms with Crippen molar-refractivity contribution in [2.45, 2.75) is 6.92 Å². The van der Waals surface area contributed by atoms with Crippen molar-refractivity contribution in [3.63, 3.8) is 0 Å². The third kappa shape index (κ3) is 2.84. The molecule has 8 nitrogen and oxygen atoms in total. The molecule has 9 heteroatoms. The molecule has 2 heterocycles. The molecule has 0 bridgehead atoms. The number of aromatic nitrogens is 4. The van der Waals surface area contributed by atoms with Crippen molar-refractivity contribution < 1.29 is 9.59 Å². The van der Waals surface area contributed by atoms with Crippen LogP contribution in [0.5, 0.6) is 0 Å². The highest BCUT2D eigenvalue weighted by Crippen LogP contribution is 2.14. The summed E-state index contributed by atoms with van der Waals surface area (Å²) in [5.41, 5.74) is 0.779. The minimum Gasteiger partial charge on any atom is -0.294 e. The largest absolute Gasteiger partial charge is 0.316 e. The zero-order valence-corrected chi connectivity index (χ0v) is 9.54. The molecule has 0 saturated carbocycles. The van der Waals surface area contributed by atoms with Gasteiger partial charge in [0.25, 0.3) is 0 Å². The van der Waals surface area contributed by atoms with E-state index < -0.39 is 11.8 Å². The molecule has 0 atom stereocenters. The lowest BCUT2D eigenvalue weighted by Gasteiger charge is -2.00. The van der Waals surface area contributed by atoms with Gasteiger partial charge in [0.1, 0.15) is 6.33 Å². The number of H-pyrrole nitrogens is 1. The number of thiazole rings is 1. The molecule has 0 saturated heterocycles. The van der Waals surface area contributed by atoms with Gasteiger partial charge >= 0.3 is 11.8 Å². The van der Waals surface area contributed by atoms with Crippen LogP contribution in [0.1, 0.15) is 5.69 Å². The van der Waals surface area contributed by atoms with Crippen LogP contribution in [0, 0.1) is 6.92 Å². The molecular formula is C8H8N6O2S. The van der Waals surface area contributed by atoms with Gasteiger partial charge in [0, 0.05) is 5.38 Å². The molecule has 0 fully saturated rings. The Balaban J connectivity index is 1.94. The number of aryl methyl sites for hydroxylation is 1. The van der Waals surface area contributed by atoms with Crippen LogP contribution >= 0.6 is 11.3 Å². The van der Waals surface area contributed by atoms with E-state index in [-0.39, 0.29) is 5.95 Å². The first kappa shape index (κ1) is 11.2. The Morgan fingerprint density at radius 3 is 2.71 bits per heavy atom. The van der Waals surface area contributed by atoms with E-state index in [0.29, 0.717) is 5.13 Å². The van der Waals surface area contributed by atoms with E-state index in [1.165, 1.54) is 17.7 Å². The van der Waals surface area contributed by atoms with E-state index in [9.17, 15) is 9.59 Å². The Hall–Kier alpha value is -2.29. The van der Waals surface area contributed by atoms with Crippen LogP contribution in [0.15, 0.2) is 11.7 Å². The summed E-state index contributed by atoms with van der Waals surface area (Å²) in [6, 6.07) is 0. The van der Waals surface area contributed by atoms with Gasteiger partial charge in [0.15, 0.2) is 5.13 Å². The number of nitrogens with zero attached hydrogens (tertiary/aromatic N) is 3. The van der Waals surface area contributed by atoms with E-state index in [1.54, 1.807) is 12.3 Å². The number of nitrogens with one attached hydrogen (secondary N) is 3. The number of anilines is 2. The van der Waals surface area contributed by atoms with Crippen LogP contribution in [0.25, 0.3) is 0 Å². The van der Waals surface area contributed by atoms with Crippen molar-refractivity contribution in [2.75, 3.05) is 10.6 Å². The molecule has 88 valence electrons. The lowest BCUT2D eigenvalue weighted by Crippen LogP contribution is -2.29. The first-order valence-electron chi connectivity index (χ1n) is 4.55. The monoisotopic (exact) mass is 252 g/mol. The fraction of sp³-hybridized carbons (Fsp3) is 0.125. The number of carbonyl (C=O) groups is 2. The quantitative estimate of drug-likeness (QED) is 0.658. The van der Waals surface area contributed by atoms with Crippen LogP contribution < -0.4 is 10.6 Å². The standard InChI is InChI=1S/C8H8N6O2S/c1-4-2-17-8(11-4)13-6(16)5(15)12-7-9-3-10-14-7/h2-3H,1H3,(H,11,13,16)(H2,9,10,12,14,15). The van der Waals surface area contributed by atoms with Gasteiger partial charge in [0.2, 0.25) is 5.95 Å². The van der Waals surface area contributed by atoms with Crippen molar-refractivity contribution >= 4 is 34.2 Å². The second-order valence-corrected chi connectivity index (χ2v) is 3.89. The Morgan fingerprint density at radius 1 is 1.35 bits per heavy atom. The normalized spacial score (nSPS) is 9.94. The highest BCUT2D eigenvalue weighted by molar-refractivity contribution is 7.14. The van der Waals surface area contributed by atoms with Gasteiger partial charge in [-0.05, 0) is 6.92 Å². The fourth-order valence-electron chi connectivity index (χ4n) is 0.995. The second kappa shape index (κ2) is 4.70. The Labute approximate surface area is 99.5 Å². The van der Waals surface area contributed by atoms with Crippen molar-refractivity contribution in [1.82, 2.24) is 20.2 Å². The topological polar surface area (TPSA) is 113 Å². The molecule has 0 radical (unpaired) electrons. The number of hydrogen-bond acceptors (Lipinski definition) is 6. The molecule has 0 spiro atoms. The average Bonchev–Trinajstić information content (AvgIpc) is 2.90. The van der Waals surface area contributed by atoms with Crippen LogP contribution in [0.2, 0.25) is 0 Å². The van der Waals surface area contributed by atoms with Crippen molar-refractivity contribution in [1.29, 1.82) is 0 Å². The second-order valence-electron chi connectivity index (χ2n) is 3.04. The Morgan fingerprint density at radius 2 is 2.12 bits per heavy atom. The highest BCUT2D eigenvalue weighted by Gasteiger charge is 2.16. The van der Waals surface area contributed by atoms with Gasteiger partial charge in [-0.1, -0.05) is 0 Å². The molecule has 17 heavy (non-hydrogen) atoms. The average molecular weight is 252 g/mol. The summed E-state index contributed by atoms with van der Waals surface area (Å²) >= 11 is 1.24. The molecule has 0 aromatic carbocycles. The van der Waals surface area contributed by atoms with Crippen molar-refractivity contribution in [3.05, 3.63) is 17.4 Å². The number of aromatic amines is 1. The minimum absolute atomic E-state index is 0.112. The van der Waals surface area contributed by atoms with E-state index in [2.05, 4.69) is 30.8 Å². The molecule has 2 amide bonds. The molecule has 0 aliphatic carbocycles. The first-order chi connectivity index (χ1) is 8.15. The number of rotatable bonds is 2. The highest BCUT2D eigenvalue weighted by atomic mass is 32.1. The van der Waals surface area contributed by atoms with Crippen LogP contribution in [0.3, 0.4) is 0 Å². The van der Waals surface area contributed by atoms with Gasteiger partial charge < -0.3 is 0 Å². The predicted octanol–water partition coefficient (Wildman–Crippen LogP) is 0.147. The lowest BCUT2D eigenvalue weighted by molar-refractivity contribution is -0.133. The molecule has 2 rings (SSSR count). The number of carbonyl (C=O) groups excluding carboxylic acids is 2. The summed E-state index contributed by atoms with van der Waals surface area (Å²) < 4.78 is 0. The van der Waals surface area contributed by atoms with Crippen LogP contribution in [-0.2, 0) is 9.59 Å². The van der Waals surface area contributed by atoms with Gasteiger partial charge in [-0.2, -0.15) is 10.1 Å². The third-order valence-electron chi connectivity index (χ3n) is 1.69. The summed E-state index contributed by atoms with van der Waals surface area (Å²) in [6.07, 6.45) is 1.22. The molecule has 3 N–H and O–H groups in total. The molecule has 0 aliphatic heterocycles. The van der Waals surface area contributed by atoms with Crippen LogP contribution in [0.4, 0.5) is 11.1 Å². The van der Waals surface area contributed by atoms with E-state index in [0.717, 1.165) is 5.69 Å². The summed E-state index contributed by atoms with van der Waals surface area (Å²) in [6.45, 7) is 1.79. The predicted molar refractivity (Wildman–Crippen MR) is 60.5 cm³/mol. The molecule has 0 unspecified atom stereocenters. The Bertz CT molecular complexity index is 534. The van der Waals surface area contributed by atoms with Gasteiger partial charge in [-0.25, -0.2) is 10.1 Å². The number of hydrogen-bond donors (Lipinski definition) is 3. The SMILES string of the molecule is Cc1csc(NC(=O)C(=O)Nc2ncn[nH]2)n1. The summed E-state index contributed by atoms with van der Waals surface area (Å²) in [5, 5.41) is 12.7. The third-order valence-corrected chi connectivity index (χ3v) is 2.57. The van der Waals surface area contributed by atoms with E-state index >= 15 is 0 Å². The molecular weight excluding hydrogens is 244 g/mol. The number of amides is 2.